The SMILES string of the molecule is COc1cc2c(cc1OC)CN(C(=O)C1CCc3ncsc3C1)CC2. The number of aryl methyl sites for hydroxylation is 1. The first-order chi connectivity index (χ1) is 12.2. The normalized spacial score (nSPS) is 19.1. The third-order valence-electron chi connectivity index (χ3n) is 5.27. The molecule has 1 aromatic heterocycles. The topological polar surface area (TPSA) is 51.7 Å². The Balaban J connectivity index is 1.51. The second kappa shape index (κ2) is 6.67. The summed E-state index contributed by atoms with van der Waals surface area (Å²) in [4.78, 5) is 20.7. The largest absolute Gasteiger partial charge is 0.493 e. The first-order valence-electron chi connectivity index (χ1n) is 8.63. The van der Waals surface area contributed by atoms with Gasteiger partial charge >= 0.3 is 0 Å². The Morgan fingerprint density at radius 2 is 1.96 bits per heavy atom. The quantitative estimate of drug-likeness (QED) is 0.847. The van der Waals surface area contributed by atoms with E-state index < -0.39 is 0 Å². The molecule has 4 rings (SSSR count). The van der Waals surface area contributed by atoms with Crippen LogP contribution in [-0.2, 0) is 30.6 Å². The highest BCUT2D eigenvalue weighted by Gasteiger charge is 2.31. The molecule has 2 heterocycles. The van der Waals surface area contributed by atoms with Crippen LogP contribution in [0.3, 0.4) is 0 Å². The summed E-state index contributed by atoms with van der Waals surface area (Å²) in [6.07, 6.45) is 3.53. The Bertz CT molecular complexity index is 802. The average molecular weight is 358 g/mol. The molecule has 132 valence electrons. The summed E-state index contributed by atoms with van der Waals surface area (Å²) in [7, 11) is 3.30. The number of rotatable bonds is 3. The number of fused-ring (bicyclic) bond motifs is 2. The number of amides is 1. The van der Waals surface area contributed by atoms with Crippen LogP contribution >= 0.6 is 11.3 Å². The molecule has 1 aliphatic heterocycles. The number of thiazole rings is 1. The fraction of sp³-hybridized carbons (Fsp3) is 0.474. The minimum Gasteiger partial charge on any atom is -0.493 e. The molecule has 0 saturated heterocycles. The molecule has 1 atom stereocenters. The van der Waals surface area contributed by atoms with Gasteiger partial charge in [0.25, 0.3) is 0 Å². The Kier molecular flexibility index (Phi) is 4.37. The molecule has 1 aromatic carbocycles. The van der Waals surface area contributed by atoms with Crippen molar-refractivity contribution < 1.29 is 14.3 Å². The summed E-state index contributed by atoms with van der Waals surface area (Å²) in [5.74, 6) is 1.85. The van der Waals surface area contributed by atoms with E-state index in [9.17, 15) is 4.79 Å². The van der Waals surface area contributed by atoms with E-state index in [0.717, 1.165) is 49.3 Å². The van der Waals surface area contributed by atoms with Gasteiger partial charge in [0, 0.05) is 23.9 Å². The fourth-order valence-electron chi connectivity index (χ4n) is 3.84. The molecule has 5 nitrogen and oxygen atoms in total. The van der Waals surface area contributed by atoms with E-state index in [-0.39, 0.29) is 11.8 Å². The fourth-order valence-corrected chi connectivity index (χ4v) is 4.74. The van der Waals surface area contributed by atoms with Crippen LogP contribution in [0.2, 0.25) is 0 Å². The van der Waals surface area contributed by atoms with Gasteiger partial charge < -0.3 is 14.4 Å². The number of carbonyl (C=O) groups is 1. The van der Waals surface area contributed by atoms with Crippen LogP contribution in [-0.4, -0.2) is 36.6 Å². The van der Waals surface area contributed by atoms with Crippen LogP contribution in [0.5, 0.6) is 11.5 Å². The van der Waals surface area contributed by atoms with Crippen molar-refractivity contribution in [3.63, 3.8) is 0 Å². The third kappa shape index (κ3) is 2.99. The molecule has 0 spiro atoms. The predicted molar refractivity (Wildman–Crippen MR) is 96.3 cm³/mol. The van der Waals surface area contributed by atoms with E-state index in [1.807, 2.05) is 22.5 Å². The van der Waals surface area contributed by atoms with Crippen molar-refractivity contribution in [3.05, 3.63) is 39.3 Å². The summed E-state index contributed by atoms with van der Waals surface area (Å²) in [5.41, 5.74) is 5.49. The molecule has 1 unspecified atom stereocenters. The summed E-state index contributed by atoms with van der Waals surface area (Å²) < 4.78 is 10.8. The zero-order valence-electron chi connectivity index (χ0n) is 14.6. The number of nitrogens with zero attached hydrogens (tertiary/aromatic N) is 2. The molecular formula is C19H22N2O3S. The minimum atomic E-state index is 0.0923. The summed E-state index contributed by atoms with van der Waals surface area (Å²) in [5, 5.41) is 0. The third-order valence-corrected chi connectivity index (χ3v) is 6.16. The van der Waals surface area contributed by atoms with E-state index in [1.54, 1.807) is 25.6 Å². The van der Waals surface area contributed by atoms with E-state index >= 15 is 0 Å². The van der Waals surface area contributed by atoms with E-state index in [0.29, 0.717) is 6.54 Å². The van der Waals surface area contributed by atoms with Crippen molar-refractivity contribution in [2.24, 2.45) is 5.92 Å². The van der Waals surface area contributed by atoms with Crippen molar-refractivity contribution in [2.75, 3.05) is 20.8 Å². The van der Waals surface area contributed by atoms with Gasteiger partial charge in [0.1, 0.15) is 0 Å². The Labute approximate surface area is 151 Å². The zero-order chi connectivity index (χ0) is 17.4. The minimum absolute atomic E-state index is 0.0923. The lowest BCUT2D eigenvalue weighted by Gasteiger charge is -2.33. The van der Waals surface area contributed by atoms with Gasteiger partial charge in [0.15, 0.2) is 11.5 Å². The van der Waals surface area contributed by atoms with E-state index in [1.165, 1.54) is 16.1 Å². The molecular weight excluding hydrogens is 336 g/mol. The van der Waals surface area contributed by atoms with E-state index in [2.05, 4.69) is 4.98 Å². The van der Waals surface area contributed by atoms with Crippen molar-refractivity contribution in [2.45, 2.75) is 32.2 Å². The number of benzene rings is 1. The van der Waals surface area contributed by atoms with Crippen molar-refractivity contribution >= 4 is 17.2 Å². The van der Waals surface area contributed by atoms with Gasteiger partial charge in [0.2, 0.25) is 5.91 Å². The molecule has 6 heteroatoms. The van der Waals surface area contributed by atoms with Gasteiger partial charge in [0.05, 0.1) is 25.4 Å². The van der Waals surface area contributed by atoms with Crippen LogP contribution in [0.25, 0.3) is 0 Å². The van der Waals surface area contributed by atoms with Gasteiger partial charge in [-0.05, 0) is 48.9 Å². The second-order valence-corrected chi connectivity index (χ2v) is 7.59. The molecule has 1 amide bonds. The molecule has 0 radical (unpaired) electrons. The predicted octanol–water partition coefficient (Wildman–Crippen LogP) is 2.85. The summed E-state index contributed by atoms with van der Waals surface area (Å²) in [6, 6.07) is 4.05. The van der Waals surface area contributed by atoms with Crippen molar-refractivity contribution in [3.8, 4) is 11.5 Å². The first-order valence-corrected chi connectivity index (χ1v) is 9.51. The maximum Gasteiger partial charge on any atom is 0.226 e. The number of hydrogen-bond acceptors (Lipinski definition) is 5. The first kappa shape index (κ1) is 16.4. The molecule has 2 aliphatic rings. The standard InChI is InChI=1S/C19H22N2O3S/c1-23-16-7-12-5-6-21(10-14(12)8-17(16)24-2)19(22)13-3-4-15-18(9-13)25-11-20-15/h7-8,11,13H,3-6,9-10H2,1-2H3. The van der Waals surface area contributed by atoms with E-state index in [4.69, 9.17) is 9.47 Å². The number of aromatic nitrogens is 1. The Hall–Kier alpha value is -2.08. The molecule has 1 aliphatic carbocycles. The molecule has 0 bridgehead atoms. The highest BCUT2D eigenvalue weighted by molar-refractivity contribution is 7.09. The molecule has 0 saturated carbocycles. The molecule has 0 fully saturated rings. The number of methoxy groups -OCH3 is 2. The van der Waals surface area contributed by atoms with Gasteiger partial charge in [-0.25, -0.2) is 4.98 Å². The van der Waals surface area contributed by atoms with Crippen LogP contribution in [0.4, 0.5) is 0 Å². The van der Waals surface area contributed by atoms with Crippen LogP contribution in [0.1, 0.15) is 28.1 Å². The Morgan fingerprint density at radius 3 is 2.72 bits per heavy atom. The lowest BCUT2D eigenvalue weighted by Crippen LogP contribution is -2.41. The lowest BCUT2D eigenvalue weighted by molar-refractivity contribution is -0.136. The lowest BCUT2D eigenvalue weighted by atomic mass is 9.89. The number of carbonyl (C=O) groups excluding carboxylic acids is 1. The smallest absolute Gasteiger partial charge is 0.226 e. The summed E-state index contributed by atoms with van der Waals surface area (Å²) >= 11 is 1.68. The highest BCUT2D eigenvalue weighted by Crippen LogP contribution is 2.34. The van der Waals surface area contributed by atoms with Gasteiger partial charge in [-0.1, -0.05) is 0 Å². The van der Waals surface area contributed by atoms with Gasteiger partial charge in [-0.3, -0.25) is 4.79 Å². The monoisotopic (exact) mass is 358 g/mol. The zero-order valence-corrected chi connectivity index (χ0v) is 15.4. The Morgan fingerprint density at radius 1 is 1.20 bits per heavy atom. The number of hydrogen-bond donors (Lipinski definition) is 0. The van der Waals surface area contributed by atoms with Crippen LogP contribution in [0, 0.1) is 5.92 Å². The van der Waals surface area contributed by atoms with Crippen molar-refractivity contribution in [1.82, 2.24) is 9.88 Å². The molecule has 0 N–H and O–H groups in total. The van der Waals surface area contributed by atoms with Crippen LogP contribution < -0.4 is 9.47 Å². The molecule has 25 heavy (non-hydrogen) atoms. The number of ether oxygens (including phenoxy) is 2. The van der Waals surface area contributed by atoms with Crippen LogP contribution in [0.15, 0.2) is 17.6 Å². The van der Waals surface area contributed by atoms with Gasteiger partial charge in [-0.2, -0.15) is 0 Å². The maximum atomic E-state index is 13.0. The van der Waals surface area contributed by atoms with Crippen molar-refractivity contribution in [1.29, 1.82) is 0 Å². The van der Waals surface area contributed by atoms with Gasteiger partial charge in [-0.15, -0.1) is 11.3 Å². The highest BCUT2D eigenvalue weighted by atomic mass is 32.1. The molecule has 2 aromatic rings. The summed E-state index contributed by atoms with van der Waals surface area (Å²) in [6.45, 7) is 1.42. The average Bonchev–Trinajstić information content (AvgIpc) is 3.13. The second-order valence-electron chi connectivity index (χ2n) is 6.65. The maximum absolute atomic E-state index is 13.0.